The summed E-state index contributed by atoms with van der Waals surface area (Å²) in [5, 5.41) is 3.07. The number of carbonyl (C=O) groups is 1. The Labute approximate surface area is 251 Å². The van der Waals surface area contributed by atoms with Gasteiger partial charge in [-0.1, -0.05) is 18.2 Å². The summed E-state index contributed by atoms with van der Waals surface area (Å²) in [7, 11) is 0. The molecule has 0 aromatic heterocycles. The van der Waals surface area contributed by atoms with E-state index in [1.54, 1.807) is 17.0 Å². The van der Waals surface area contributed by atoms with Crippen molar-refractivity contribution in [2.45, 2.75) is 51.5 Å². The summed E-state index contributed by atoms with van der Waals surface area (Å²) < 4.78 is 45.9. The summed E-state index contributed by atoms with van der Waals surface area (Å²) in [5.74, 6) is -2.93. The third kappa shape index (κ3) is 8.31. The summed E-state index contributed by atoms with van der Waals surface area (Å²) >= 11 is 0. The number of urea groups is 1. The second-order valence-corrected chi connectivity index (χ2v) is 10.4. The fraction of sp³-hybridized carbons (Fsp3) is 0.355. The van der Waals surface area contributed by atoms with Crippen molar-refractivity contribution in [1.29, 1.82) is 0 Å². The zero-order valence-corrected chi connectivity index (χ0v) is 24.5. The number of amides is 2. The van der Waals surface area contributed by atoms with Crippen LogP contribution in [0.25, 0.3) is 0 Å². The van der Waals surface area contributed by atoms with E-state index in [2.05, 4.69) is 29.3 Å². The molecule has 0 bridgehead atoms. The van der Waals surface area contributed by atoms with Crippen LogP contribution in [-0.2, 0) is 6.54 Å². The van der Waals surface area contributed by atoms with Crippen LogP contribution >= 0.6 is 24.8 Å². The fourth-order valence-corrected chi connectivity index (χ4v) is 5.34. The first-order chi connectivity index (χ1) is 18.9. The van der Waals surface area contributed by atoms with Crippen LogP contribution in [0, 0.1) is 30.9 Å². The highest BCUT2D eigenvalue weighted by atomic mass is 35.5. The lowest BCUT2D eigenvalue weighted by molar-refractivity contribution is 0.204. The number of anilines is 1. The number of piperidine rings is 2. The maximum absolute atomic E-state index is 13.9. The molecule has 3 aromatic carbocycles. The van der Waals surface area contributed by atoms with E-state index in [0.29, 0.717) is 23.8 Å². The van der Waals surface area contributed by atoms with E-state index in [0.717, 1.165) is 69.5 Å². The molecule has 1 N–H and O–H groups in total. The molecule has 5 rings (SSSR count). The van der Waals surface area contributed by atoms with Gasteiger partial charge in [0.25, 0.3) is 0 Å². The molecule has 1 radical (unpaired) electrons. The Morgan fingerprint density at radius 1 is 0.902 bits per heavy atom. The second-order valence-electron chi connectivity index (χ2n) is 10.4. The fourth-order valence-electron chi connectivity index (χ4n) is 5.34. The molecule has 2 aliphatic heterocycles. The first kappa shape index (κ1) is 32.6. The predicted octanol–water partition coefficient (Wildman–Crippen LogP) is 8.61. The van der Waals surface area contributed by atoms with E-state index in [9.17, 15) is 18.0 Å². The highest BCUT2D eigenvalue weighted by Crippen LogP contribution is 2.33. The molecule has 2 saturated heterocycles. The molecule has 0 unspecified atom stereocenters. The van der Waals surface area contributed by atoms with Gasteiger partial charge >= 0.3 is 6.03 Å². The Hall–Kier alpha value is -2.94. The van der Waals surface area contributed by atoms with Gasteiger partial charge in [-0.2, -0.15) is 0 Å². The minimum absolute atomic E-state index is 0. The zero-order chi connectivity index (χ0) is 27.4. The number of benzene rings is 3. The van der Waals surface area contributed by atoms with Crippen LogP contribution in [0.1, 0.15) is 54.7 Å². The van der Waals surface area contributed by atoms with E-state index in [1.807, 2.05) is 24.7 Å². The van der Waals surface area contributed by atoms with Crippen molar-refractivity contribution in [1.82, 2.24) is 9.80 Å². The Bertz CT molecular complexity index is 1310. The van der Waals surface area contributed by atoms with Crippen molar-refractivity contribution in [3.05, 3.63) is 95.3 Å². The number of hydrogen-bond acceptors (Lipinski definition) is 3. The molecule has 0 saturated carbocycles. The number of hydrogen-bond donors (Lipinski definition) is 1. The van der Waals surface area contributed by atoms with E-state index in [-0.39, 0.29) is 36.6 Å². The van der Waals surface area contributed by atoms with Gasteiger partial charge in [0, 0.05) is 30.9 Å². The standard InChI is InChI=1S/C31H33F3N3O2.2ClH/c1-21-5-8-24(35-31(38)37-13-3-2-4-14-37)17-26(21)23-11-15-36(16-12-23)20-22-6-9-25(10-7-22)39-30-19-28(33)27(32)18-29(30)34;;/h5-10,13,17-19,23H,2-4,11-12,14-16,20H2,1H3,(H,35,38);2*1H. The lowest BCUT2D eigenvalue weighted by Gasteiger charge is -2.33. The first-order valence-electron chi connectivity index (χ1n) is 13.5. The Morgan fingerprint density at radius 2 is 1.61 bits per heavy atom. The van der Waals surface area contributed by atoms with E-state index in [1.165, 1.54) is 11.1 Å². The third-order valence-electron chi connectivity index (χ3n) is 7.55. The highest BCUT2D eigenvalue weighted by molar-refractivity contribution is 5.90. The van der Waals surface area contributed by atoms with Crippen molar-refractivity contribution in [2.24, 2.45) is 0 Å². The van der Waals surface area contributed by atoms with Crippen LogP contribution in [-0.4, -0.2) is 35.5 Å². The molecule has 5 nitrogen and oxygen atoms in total. The minimum Gasteiger partial charge on any atom is -0.454 e. The number of carbonyl (C=O) groups excluding carboxylic acids is 1. The quantitative estimate of drug-likeness (QED) is 0.285. The van der Waals surface area contributed by atoms with Crippen molar-refractivity contribution in [3.63, 3.8) is 0 Å². The first-order valence-corrected chi connectivity index (χ1v) is 13.5. The molecule has 0 aliphatic carbocycles. The Kier molecular flexibility index (Phi) is 11.8. The van der Waals surface area contributed by atoms with Gasteiger partial charge in [0.15, 0.2) is 23.2 Å². The minimum atomic E-state index is -1.25. The number of rotatable bonds is 6. The molecule has 0 atom stereocenters. The van der Waals surface area contributed by atoms with Crippen LogP contribution in [0.15, 0.2) is 54.6 Å². The van der Waals surface area contributed by atoms with Crippen molar-refractivity contribution >= 4 is 36.5 Å². The van der Waals surface area contributed by atoms with Crippen LogP contribution in [0.4, 0.5) is 23.7 Å². The maximum Gasteiger partial charge on any atom is 0.322 e. The Morgan fingerprint density at radius 3 is 2.29 bits per heavy atom. The average molecular weight is 610 g/mol. The van der Waals surface area contributed by atoms with Gasteiger partial charge in [-0.3, -0.25) is 4.90 Å². The molecule has 221 valence electrons. The number of nitrogens with one attached hydrogen (secondary N) is 1. The SMILES string of the molecule is Cc1ccc(NC(=O)N2[CH]CCCC2)cc1C1CCN(Cc2ccc(Oc3cc(F)c(F)cc3F)cc2)CC1.Cl.Cl. The highest BCUT2D eigenvalue weighted by Gasteiger charge is 2.23. The lowest BCUT2D eigenvalue weighted by atomic mass is 9.86. The van der Waals surface area contributed by atoms with Gasteiger partial charge in [-0.05, 0) is 99.0 Å². The van der Waals surface area contributed by atoms with Crippen molar-refractivity contribution in [3.8, 4) is 11.5 Å². The number of likely N-dealkylation sites (tertiary alicyclic amines) is 2. The number of halogens is 5. The molecule has 0 spiro atoms. The van der Waals surface area contributed by atoms with Crippen LogP contribution < -0.4 is 10.1 Å². The summed E-state index contributed by atoms with van der Waals surface area (Å²) in [5.41, 5.74) is 4.46. The summed E-state index contributed by atoms with van der Waals surface area (Å²) in [6, 6.07) is 14.5. The molecule has 2 amide bonds. The summed E-state index contributed by atoms with van der Waals surface area (Å²) in [4.78, 5) is 16.8. The number of ether oxygens (including phenoxy) is 1. The smallest absolute Gasteiger partial charge is 0.322 e. The molecule has 10 heteroatoms. The van der Waals surface area contributed by atoms with Crippen molar-refractivity contribution in [2.75, 3.05) is 25.0 Å². The average Bonchev–Trinajstić information content (AvgIpc) is 2.95. The normalized spacial score (nSPS) is 16.0. The topological polar surface area (TPSA) is 44.8 Å². The molecule has 2 aliphatic rings. The molecule has 2 heterocycles. The van der Waals surface area contributed by atoms with Crippen LogP contribution in [0.5, 0.6) is 11.5 Å². The van der Waals surface area contributed by atoms with Gasteiger partial charge in [0.2, 0.25) is 0 Å². The molecular weight excluding hydrogens is 574 g/mol. The molecule has 3 aromatic rings. The maximum atomic E-state index is 13.9. The number of aryl methyl sites for hydroxylation is 1. The van der Waals surface area contributed by atoms with Gasteiger partial charge in [0.05, 0.1) is 6.54 Å². The van der Waals surface area contributed by atoms with E-state index >= 15 is 0 Å². The Balaban J connectivity index is 0.00000231. The number of nitrogens with zero attached hydrogens (tertiary/aromatic N) is 2. The van der Waals surface area contributed by atoms with E-state index in [4.69, 9.17) is 4.74 Å². The molecule has 41 heavy (non-hydrogen) atoms. The summed E-state index contributed by atoms with van der Waals surface area (Å²) in [6.07, 6.45) is 5.17. The van der Waals surface area contributed by atoms with Gasteiger partial charge in [0.1, 0.15) is 5.75 Å². The van der Waals surface area contributed by atoms with Crippen LogP contribution in [0.2, 0.25) is 0 Å². The summed E-state index contributed by atoms with van der Waals surface area (Å²) in [6.45, 7) is 7.54. The third-order valence-corrected chi connectivity index (χ3v) is 7.55. The molecular formula is C31H35Cl2F3N3O2. The largest absolute Gasteiger partial charge is 0.454 e. The van der Waals surface area contributed by atoms with Crippen molar-refractivity contribution < 1.29 is 22.7 Å². The van der Waals surface area contributed by atoms with Gasteiger partial charge in [-0.15, -0.1) is 24.8 Å². The van der Waals surface area contributed by atoms with Gasteiger partial charge in [-0.25, -0.2) is 18.0 Å². The van der Waals surface area contributed by atoms with Gasteiger partial charge < -0.3 is 15.0 Å². The zero-order valence-electron chi connectivity index (χ0n) is 22.9. The lowest BCUT2D eigenvalue weighted by Crippen LogP contribution is -2.35. The van der Waals surface area contributed by atoms with Crippen LogP contribution in [0.3, 0.4) is 0 Å². The second kappa shape index (κ2) is 14.8. The van der Waals surface area contributed by atoms with E-state index < -0.39 is 17.5 Å². The molecule has 2 fully saturated rings. The monoisotopic (exact) mass is 608 g/mol. The predicted molar refractivity (Wildman–Crippen MR) is 160 cm³/mol.